The molecule has 59 heavy (non-hydrogen) atoms. The maximum absolute atomic E-state index is 13.3. The Kier molecular flexibility index (Phi) is 11.7. The summed E-state index contributed by atoms with van der Waals surface area (Å²) in [5, 5.41) is 24.2. The molecule has 6 heterocycles. The minimum atomic E-state index is -1.02. The van der Waals surface area contributed by atoms with Crippen molar-refractivity contribution in [2.45, 2.75) is 33.2 Å². The average molecular weight is 857 g/mol. The third-order valence-electron chi connectivity index (χ3n) is 10.9. The number of benzene rings is 2. The van der Waals surface area contributed by atoms with Gasteiger partial charge in [0.2, 0.25) is 11.8 Å². The summed E-state index contributed by atoms with van der Waals surface area (Å²) in [5.41, 5.74) is 6.02. The molecule has 0 aliphatic carbocycles. The standard InChI is InChI=1S/C42H43Cl2N9O5S/c1-23-24(2)59-41-37(23)38(26-5-7-27(43)8-6-26)47-34(39-50-49-25(3)53(39)41)21-36(54)45-11-17-58-18-16-51-12-14-52(15-13-51)35-10-9-28(40(48-35)57-4)29-19-30-31(42(55)56)22-46-33(30)20-32(29)44/h5-10,19-20,22,34,46H,11-18,21H2,1-4H3,(H,45,54)(H,55,56). The van der Waals surface area contributed by atoms with Crippen LogP contribution in [0, 0.1) is 20.8 Å². The van der Waals surface area contributed by atoms with Crippen LogP contribution in [0.2, 0.25) is 10.0 Å². The Morgan fingerprint density at radius 2 is 1.78 bits per heavy atom. The third-order valence-corrected chi connectivity index (χ3v) is 12.6. The Morgan fingerprint density at radius 1 is 1.00 bits per heavy atom. The summed E-state index contributed by atoms with van der Waals surface area (Å²) in [7, 11) is 1.56. The molecule has 8 rings (SSSR count). The van der Waals surface area contributed by atoms with E-state index in [2.05, 4.69) is 44.1 Å². The number of thiophene rings is 1. The van der Waals surface area contributed by atoms with Gasteiger partial charge in [-0.15, -0.1) is 21.5 Å². The fraction of sp³-hybridized carbons (Fsp3) is 0.333. The van der Waals surface area contributed by atoms with E-state index in [9.17, 15) is 14.7 Å². The molecule has 14 nitrogen and oxygen atoms in total. The summed E-state index contributed by atoms with van der Waals surface area (Å²) in [5.74, 6) is 1.41. The number of carboxylic acids is 1. The number of pyridine rings is 1. The predicted octanol–water partition coefficient (Wildman–Crippen LogP) is 7.05. The van der Waals surface area contributed by atoms with Crippen molar-refractivity contribution in [1.82, 2.24) is 34.9 Å². The van der Waals surface area contributed by atoms with E-state index < -0.39 is 12.0 Å². The van der Waals surface area contributed by atoms with E-state index in [-0.39, 0.29) is 17.9 Å². The van der Waals surface area contributed by atoms with Gasteiger partial charge in [-0.1, -0.05) is 35.3 Å². The van der Waals surface area contributed by atoms with Gasteiger partial charge in [-0.2, -0.15) is 4.98 Å². The third kappa shape index (κ3) is 8.17. The van der Waals surface area contributed by atoms with Gasteiger partial charge in [0.05, 0.1) is 43.0 Å². The number of halogens is 2. The van der Waals surface area contributed by atoms with Crippen LogP contribution in [0.15, 0.2) is 59.7 Å². The normalized spacial score (nSPS) is 15.5. The lowest BCUT2D eigenvalue weighted by molar-refractivity contribution is -0.121. The van der Waals surface area contributed by atoms with Crippen LogP contribution < -0.4 is 15.0 Å². The molecule has 1 fully saturated rings. The largest absolute Gasteiger partial charge is 0.480 e. The number of aromatic carboxylic acids is 1. The summed E-state index contributed by atoms with van der Waals surface area (Å²) in [4.78, 5) is 43.8. The number of rotatable bonds is 13. The van der Waals surface area contributed by atoms with Gasteiger partial charge >= 0.3 is 5.97 Å². The van der Waals surface area contributed by atoms with Crippen LogP contribution in [0.25, 0.3) is 27.0 Å². The molecule has 2 aliphatic heterocycles. The number of H-pyrrole nitrogens is 1. The zero-order valence-electron chi connectivity index (χ0n) is 33.0. The molecule has 3 N–H and O–H groups in total. The van der Waals surface area contributed by atoms with E-state index in [0.29, 0.717) is 63.5 Å². The first kappa shape index (κ1) is 40.5. The molecule has 1 amide bonds. The monoisotopic (exact) mass is 855 g/mol. The first-order valence-electron chi connectivity index (χ1n) is 19.3. The Morgan fingerprint density at radius 3 is 2.53 bits per heavy atom. The van der Waals surface area contributed by atoms with Gasteiger partial charge in [0, 0.05) is 88.5 Å². The van der Waals surface area contributed by atoms with Crippen LogP contribution in [0.5, 0.6) is 5.88 Å². The number of methoxy groups -OCH3 is 1. The molecular formula is C42H43Cl2N9O5S. The van der Waals surface area contributed by atoms with Crippen molar-refractivity contribution in [3.63, 3.8) is 0 Å². The zero-order valence-corrected chi connectivity index (χ0v) is 35.3. The van der Waals surface area contributed by atoms with Gasteiger partial charge < -0.3 is 29.8 Å². The number of ether oxygens (including phenoxy) is 2. The number of piperazine rings is 1. The molecule has 2 aliphatic rings. The van der Waals surface area contributed by atoms with Crippen LogP contribution in [0.4, 0.5) is 5.82 Å². The zero-order chi connectivity index (χ0) is 41.4. The number of carbonyl (C=O) groups is 2. The van der Waals surface area contributed by atoms with E-state index in [1.165, 1.54) is 11.1 Å². The number of nitrogens with one attached hydrogen (secondary N) is 2. The number of anilines is 1. The second-order valence-corrected chi connectivity index (χ2v) is 16.6. The number of nitrogens with zero attached hydrogens (tertiary/aromatic N) is 7. The van der Waals surface area contributed by atoms with E-state index in [4.69, 9.17) is 42.7 Å². The van der Waals surface area contributed by atoms with Crippen LogP contribution >= 0.6 is 34.5 Å². The number of aryl methyl sites for hydroxylation is 2. The van der Waals surface area contributed by atoms with Crippen molar-refractivity contribution < 1.29 is 24.2 Å². The van der Waals surface area contributed by atoms with Crippen molar-refractivity contribution >= 4 is 68.8 Å². The number of hydrogen-bond donors (Lipinski definition) is 3. The molecule has 2 aromatic carbocycles. The van der Waals surface area contributed by atoms with Crippen LogP contribution in [0.3, 0.4) is 0 Å². The van der Waals surface area contributed by atoms with Gasteiger partial charge in [0.25, 0.3) is 0 Å². The van der Waals surface area contributed by atoms with Gasteiger partial charge in [0.15, 0.2) is 5.82 Å². The number of carbonyl (C=O) groups excluding carboxylic acids is 1. The lowest BCUT2D eigenvalue weighted by Crippen LogP contribution is -2.47. The SMILES string of the molecule is COc1nc(N2CCN(CCOCCNC(=O)CC3N=C(c4ccc(Cl)cc4)c4c(sc(C)c4C)-n4c(C)nnc43)CC2)ccc1-c1cc2c(C(=O)O)c[nH]c2cc1Cl. The molecule has 4 aromatic heterocycles. The molecule has 1 saturated heterocycles. The van der Waals surface area contributed by atoms with Gasteiger partial charge in [-0.25, -0.2) is 4.79 Å². The quantitative estimate of drug-likeness (QED) is 0.103. The molecule has 6 aromatic rings. The molecule has 0 saturated carbocycles. The van der Waals surface area contributed by atoms with Crippen molar-refractivity contribution in [1.29, 1.82) is 0 Å². The lowest BCUT2D eigenvalue weighted by atomic mass is 9.99. The number of fused-ring (bicyclic) bond motifs is 4. The molecule has 1 unspecified atom stereocenters. The highest BCUT2D eigenvalue weighted by molar-refractivity contribution is 7.15. The Bertz CT molecular complexity index is 2580. The van der Waals surface area contributed by atoms with Crippen molar-refractivity contribution in [3.8, 4) is 22.0 Å². The van der Waals surface area contributed by atoms with Gasteiger partial charge in [-0.3, -0.25) is 19.3 Å². The smallest absolute Gasteiger partial charge is 0.337 e. The fourth-order valence-corrected chi connectivity index (χ4v) is 9.24. The number of aliphatic imine (C=N–C) groups is 1. The van der Waals surface area contributed by atoms with E-state index in [1.54, 1.807) is 30.6 Å². The first-order chi connectivity index (χ1) is 28.5. The maximum atomic E-state index is 13.3. The molecular weight excluding hydrogens is 813 g/mol. The fourth-order valence-electron chi connectivity index (χ4n) is 7.63. The van der Waals surface area contributed by atoms with E-state index >= 15 is 0 Å². The Balaban J connectivity index is 0.825. The molecule has 17 heteroatoms. The lowest BCUT2D eigenvalue weighted by Gasteiger charge is -2.35. The summed E-state index contributed by atoms with van der Waals surface area (Å²) in [6.07, 6.45) is 1.57. The maximum Gasteiger partial charge on any atom is 0.337 e. The highest BCUT2D eigenvalue weighted by atomic mass is 35.5. The van der Waals surface area contributed by atoms with Crippen LogP contribution in [0.1, 0.15) is 56.0 Å². The number of hydrogen-bond acceptors (Lipinski definition) is 11. The number of carboxylic acid groups (broad SMARTS) is 1. The molecule has 0 spiro atoms. The highest BCUT2D eigenvalue weighted by Gasteiger charge is 2.32. The number of aromatic amines is 1. The van der Waals surface area contributed by atoms with Crippen molar-refractivity contribution in [2.24, 2.45) is 4.99 Å². The van der Waals surface area contributed by atoms with E-state index in [1.807, 2.05) is 47.9 Å². The Hall–Kier alpha value is -5.32. The van der Waals surface area contributed by atoms with Crippen molar-refractivity contribution in [3.05, 3.63) is 104 Å². The Labute approximate surface area is 354 Å². The first-order valence-corrected chi connectivity index (χ1v) is 20.9. The molecule has 0 bridgehead atoms. The average Bonchev–Trinajstić information content (AvgIpc) is 3.89. The minimum absolute atomic E-state index is 0.112. The highest BCUT2D eigenvalue weighted by Crippen LogP contribution is 2.41. The van der Waals surface area contributed by atoms with Crippen molar-refractivity contribution in [2.75, 3.05) is 64.5 Å². The number of aromatic nitrogens is 5. The van der Waals surface area contributed by atoms with E-state index in [0.717, 1.165) is 71.8 Å². The molecule has 0 radical (unpaired) electrons. The summed E-state index contributed by atoms with van der Waals surface area (Å²) in [6.45, 7) is 11.4. The summed E-state index contributed by atoms with van der Waals surface area (Å²) in [6, 6.07) is 14.4. The second kappa shape index (κ2) is 17.1. The molecule has 1 atom stereocenters. The summed E-state index contributed by atoms with van der Waals surface area (Å²) < 4.78 is 13.7. The van der Waals surface area contributed by atoms with Crippen LogP contribution in [-0.4, -0.2) is 112 Å². The second-order valence-electron chi connectivity index (χ2n) is 14.5. The summed E-state index contributed by atoms with van der Waals surface area (Å²) >= 11 is 14.6. The van der Waals surface area contributed by atoms with Gasteiger partial charge in [0.1, 0.15) is 22.7 Å². The molecule has 306 valence electrons. The predicted molar refractivity (Wildman–Crippen MR) is 230 cm³/mol. The van der Waals surface area contributed by atoms with Gasteiger partial charge in [-0.05, 0) is 62.7 Å². The topological polar surface area (TPSA) is 163 Å². The minimum Gasteiger partial charge on any atom is -0.480 e. The number of amides is 1. The van der Waals surface area contributed by atoms with Crippen LogP contribution in [-0.2, 0) is 9.53 Å².